The molecular weight excluding hydrogens is 248 g/mol. The first kappa shape index (κ1) is 13.6. The lowest BCUT2D eigenvalue weighted by Crippen LogP contribution is -2.47. The minimum absolute atomic E-state index is 0.223. The van der Waals surface area contributed by atoms with Gasteiger partial charge in [-0.3, -0.25) is 4.79 Å². The van der Waals surface area contributed by atoms with Crippen molar-refractivity contribution in [1.29, 1.82) is 0 Å². The largest absolute Gasteiger partial charge is 0.329 e. The molecule has 1 spiro atoms. The number of anilines is 1. The molecule has 1 saturated carbocycles. The highest BCUT2D eigenvalue weighted by Gasteiger charge is 2.54. The van der Waals surface area contributed by atoms with Crippen LogP contribution < -0.4 is 10.6 Å². The van der Waals surface area contributed by atoms with Gasteiger partial charge in [0.15, 0.2) is 0 Å². The molecule has 3 nitrogen and oxygen atoms in total. The van der Waals surface area contributed by atoms with Crippen molar-refractivity contribution >= 4 is 11.6 Å². The summed E-state index contributed by atoms with van der Waals surface area (Å²) in [4.78, 5) is 15.1. The standard InChI is InChI=1S/C17H24N2O/c1-3-16(4-2,11-18)15(20)19-12-17(9-10-17)13-7-5-6-8-14(13)19/h5-8H,3-4,9-12,18H2,1-2H3. The number of rotatable bonds is 4. The van der Waals surface area contributed by atoms with Crippen molar-refractivity contribution in [2.45, 2.75) is 44.9 Å². The highest BCUT2D eigenvalue weighted by atomic mass is 16.2. The van der Waals surface area contributed by atoms with E-state index in [-0.39, 0.29) is 11.3 Å². The van der Waals surface area contributed by atoms with Crippen molar-refractivity contribution in [2.24, 2.45) is 11.1 Å². The zero-order valence-electron chi connectivity index (χ0n) is 12.5. The molecule has 108 valence electrons. The average molecular weight is 272 g/mol. The number of nitrogens with two attached hydrogens (primary N) is 1. The summed E-state index contributed by atoms with van der Waals surface area (Å²) in [7, 11) is 0. The van der Waals surface area contributed by atoms with E-state index in [0.29, 0.717) is 6.54 Å². The first-order valence-electron chi connectivity index (χ1n) is 7.74. The minimum atomic E-state index is -0.395. The van der Waals surface area contributed by atoms with Crippen LogP contribution in [0.3, 0.4) is 0 Å². The summed E-state index contributed by atoms with van der Waals surface area (Å²) in [6.45, 7) is 5.43. The molecule has 1 aliphatic carbocycles. The fraction of sp³-hybridized carbons (Fsp3) is 0.588. The lowest BCUT2D eigenvalue weighted by atomic mass is 9.81. The zero-order valence-corrected chi connectivity index (χ0v) is 12.5. The predicted octanol–water partition coefficient (Wildman–Crippen LogP) is 2.83. The van der Waals surface area contributed by atoms with Crippen molar-refractivity contribution < 1.29 is 4.79 Å². The van der Waals surface area contributed by atoms with Gasteiger partial charge in [0, 0.05) is 24.2 Å². The van der Waals surface area contributed by atoms with Gasteiger partial charge in [0.1, 0.15) is 0 Å². The number of fused-ring (bicyclic) bond motifs is 2. The quantitative estimate of drug-likeness (QED) is 0.916. The van der Waals surface area contributed by atoms with E-state index in [2.05, 4.69) is 32.0 Å². The van der Waals surface area contributed by atoms with E-state index in [1.807, 2.05) is 11.0 Å². The molecule has 1 amide bonds. The van der Waals surface area contributed by atoms with Gasteiger partial charge >= 0.3 is 0 Å². The molecule has 0 saturated heterocycles. The maximum Gasteiger partial charge on any atom is 0.234 e. The Labute approximate surface area is 121 Å². The van der Waals surface area contributed by atoms with E-state index in [1.54, 1.807) is 0 Å². The lowest BCUT2D eigenvalue weighted by Gasteiger charge is -2.33. The van der Waals surface area contributed by atoms with Crippen LogP contribution in [0.4, 0.5) is 5.69 Å². The van der Waals surface area contributed by atoms with Crippen LogP contribution in [-0.2, 0) is 10.2 Å². The highest BCUT2D eigenvalue weighted by Crippen LogP contribution is 2.57. The van der Waals surface area contributed by atoms with Gasteiger partial charge in [0.25, 0.3) is 0 Å². The molecule has 2 aliphatic rings. The Bertz CT molecular complexity index is 521. The Morgan fingerprint density at radius 3 is 2.50 bits per heavy atom. The van der Waals surface area contributed by atoms with Crippen LogP contribution in [-0.4, -0.2) is 19.0 Å². The normalized spacial score (nSPS) is 19.2. The number of amides is 1. The zero-order chi connectivity index (χ0) is 14.4. The smallest absolute Gasteiger partial charge is 0.234 e. The van der Waals surface area contributed by atoms with Gasteiger partial charge in [-0.1, -0.05) is 32.0 Å². The second kappa shape index (κ2) is 4.59. The van der Waals surface area contributed by atoms with Crippen molar-refractivity contribution in [3.63, 3.8) is 0 Å². The molecule has 2 N–H and O–H groups in total. The molecule has 3 heteroatoms. The van der Waals surface area contributed by atoms with Gasteiger partial charge < -0.3 is 10.6 Å². The van der Waals surface area contributed by atoms with Gasteiger partial charge in [-0.15, -0.1) is 0 Å². The second-order valence-corrected chi connectivity index (χ2v) is 6.38. The highest BCUT2D eigenvalue weighted by molar-refractivity contribution is 6.00. The molecule has 0 radical (unpaired) electrons. The Morgan fingerprint density at radius 2 is 1.95 bits per heavy atom. The average Bonchev–Trinajstić information content (AvgIpc) is 3.20. The molecule has 1 aliphatic heterocycles. The SMILES string of the molecule is CCC(CC)(CN)C(=O)N1CC2(CC2)c2ccccc21. The maximum atomic E-state index is 13.1. The number of nitrogens with zero attached hydrogens (tertiary/aromatic N) is 1. The fourth-order valence-electron chi connectivity index (χ4n) is 3.60. The molecule has 1 aromatic rings. The molecule has 0 atom stereocenters. The van der Waals surface area contributed by atoms with Gasteiger partial charge in [-0.25, -0.2) is 0 Å². The third kappa shape index (κ3) is 1.72. The maximum absolute atomic E-state index is 13.1. The van der Waals surface area contributed by atoms with Crippen LogP contribution in [0.1, 0.15) is 45.1 Å². The number of para-hydroxylation sites is 1. The summed E-state index contributed by atoms with van der Waals surface area (Å²) in [5, 5.41) is 0. The van der Waals surface area contributed by atoms with Crippen molar-refractivity contribution in [3.8, 4) is 0 Å². The van der Waals surface area contributed by atoms with E-state index in [4.69, 9.17) is 5.73 Å². The Balaban J connectivity index is 1.98. The van der Waals surface area contributed by atoms with Crippen LogP contribution in [0.5, 0.6) is 0 Å². The topological polar surface area (TPSA) is 46.3 Å². The van der Waals surface area contributed by atoms with Crippen LogP contribution in [0.2, 0.25) is 0 Å². The molecule has 0 aromatic heterocycles. The number of hydrogen-bond donors (Lipinski definition) is 1. The summed E-state index contributed by atoms with van der Waals surface area (Å²) < 4.78 is 0. The van der Waals surface area contributed by atoms with Crippen molar-refractivity contribution in [2.75, 3.05) is 18.0 Å². The first-order valence-corrected chi connectivity index (χ1v) is 7.74. The number of carbonyl (C=O) groups excluding carboxylic acids is 1. The van der Waals surface area contributed by atoms with Crippen LogP contribution in [0, 0.1) is 5.41 Å². The Morgan fingerprint density at radius 1 is 1.30 bits per heavy atom. The first-order chi connectivity index (χ1) is 9.62. The van der Waals surface area contributed by atoms with Crippen molar-refractivity contribution in [1.82, 2.24) is 0 Å². The monoisotopic (exact) mass is 272 g/mol. The molecule has 1 heterocycles. The summed E-state index contributed by atoms with van der Waals surface area (Å²) in [6, 6.07) is 8.40. The van der Waals surface area contributed by atoms with E-state index in [1.165, 1.54) is 18.4 Å². The lowest BCUT2D eigenvalue weighted by molar-refractivity contribution is -0.128. The molecule has 1 aromatic carbocycles. The summed E-state index contributed by atoms with van der Waals surface area (Å²) in [5.74, 6) is 0.223. The molecule has 0 unspecified atom stereocenters. The van der Waals surface area contributed by atoms with Crippen molar-refractivity contribution in [3.05, 3.63) is 29.8 Å². The van der Waals surface area contributed by atoms with E-state index in [0.717, 1.165) is 25.1 Å². The van der Waals surface area contributed by atoms with E-state index >= 15 is 0 Å². The summed E-state index contributed by atoms with van der Waals surface area (Å²) in [5.41, 5.74) is 8.30. The number of benzene rings is 1. The van der Waals surface area contributed by atoms with Gasteiger partial charge in [0.2, 0.25) is 5.91 Å². The summed E-state index contributed by atoms with van der Waals surface area (Å²) in [6.07, 6.45) is 4.04. The third-order valence-corrected chi connectivity index (χ3v) is 5.52. The van der Waals surface area contributed by atoms with Gasteiger partial charge in [-0.2, -0.15) is 0 Å². The van der Waals surface area contributed by atoms with Crippen LogP contribution in [0.15, 0.2) is 24.3 Å². The van der Waals surface area contributed by atoms with Gasteiger partial charge in [-0.05, 0) is 37.3 Å². The molecule has 20 heavy (non-hydrogen) atoms. The predicted molar refractivity (Wildman–Crippen MR) is 81.8 cm³/mol. The second-order valence-electron chi connectivity index (χ2n) is 6.38. The number of hydrogen-bond acceptors (Lipinski definition) is 2. The van der Waals surface area contributed by atoms with Crippen LogP contribution in [0.25, 0.3) is 0 Å². The Hall–Kier alpha value is -1.35. The Kier molecular flexibility index (Phi) is 3.13. The van der Waals surface area contributed by atoms with E-state index < -0.39 is 5.41 Å². The number of carbonyl (C=O) groups is 1. The van der Waals surface area contributed by atoms with E-state index in [9.17, 15) is 4.79 Å². The fourth-order valence-corrected chi connectivity index (χ4v) is 3.60. The molecule has 1 fully saturated rings. The summed E-state index contributed by atoms with van der Waals surface area (Å²) >= 11 is 0. The third-order valence-electron chi connectivity index (χ3n) is 5.52. The molecular formula is C17H24N2O. The van der Waals surface area contributed by atoms with Crippen LogP contribution >= 0.6 is 0 Å². The van der Waals surface area contributed by atoms with Gasteiger partial charge in [0.05, 0.1) is 5.41 Å². The molecule has 0 bridgehead atoms. The minimum Gasteiger partial charge on any atom is -0.329 e. The molecule has 3 rings (SSSR count).